The fourth-order valence-corrected chi connectivity index (χ4v) is 1.34. The molecule has 1 rings (SSSR count). The van der Waals surface area contributed by atoms with Gasteiger partial charge in [-0.05, 0) is 23.8 Å². The quantitative estimate of drug-likeness (QED) is 0.664. The molecule has 0 atom stereocenters. The monoisotopic (exact) mass is 253 g/mol. The highest BCUT2D eigenvalue weighted by Crippen LogP contribution is 2.11. The van der Waals surface area contributed by atoms with Gasteiger partial charge in [0, 0.05) is 7.11 Å². The summed E-state index contributed by atoms with van der Waals surface area (Å²) >= 11 is 0. The first kappa shape index (κ1) is 14.6. The van der Waals surface area contributed by atoms with Gasteiger partial charge in [0.25, 0.3) is 0 Å². The summed E-state index contributed by atoms with van der Waals surface area (Å²) in [4.78, 5) is 0. The fraction of sp³-hybridized carbons (Fsp3) is 0.462. The average molecular weight is 253 g/mol. The number of hydrogen-bond acceptors (Lipinski definition) is 4. The number of methoxy groups -OCH3 is 1. The van der Waals surface area contributed by atoms with E-state index in [0.29, 0.717) is 37.6 Å². The second kappa shape index (κ2) is 8.59. The molecule has 1 aromatic rings. The van der Waals surface area contributed by atoms with E-state index >= 15 is 0 Å². The summed E-state index contributed by atoms with van der Waals surface area (Å²) in [6.07, 6.45) is 0. The predicted octanol–water partition coefficient (Wildman–Crippen LogP) is 1.88. The van der Waals surface area contributed by atoms with E-state index in [4.69, 9.17) is 19.5 Å². The van der Waals surface area contributed by atoms with Gasteiger partial charge in [-0.25, -0.2) is 4.39 Å². The highest BCUT2D eigenvalue weighted by molar-refractivity contribution is 5.37. The summed E-state index contributed by atoms with van der Waals surface area (Å²) in [6, 6.07) is 6.01. The first-order valence-corrected chi connectivity index (χ1v) is 5.61. The third kappa shape index (κ3) is 5.23. The Hall–Kier alpha value is -1.48. The van der Waals surface area contributed by atoms with Crippen molar-refractivity contribution in [2.24, 2.45) is 0 Å². The maximum atomic E-state index is 13.0. The van der Waals surface area contributed by atoms with E-state index in [1.807, 2.05) is 6.07 Å². The molecule has 0 aliphatic rings. The molecule has 0 heterocycles. The molecular formula is C13H16FNO3. The van der Waals surface area contributed by atoms with Crippen LogP contribution in [0.4, 0.5) is 4.39 Å². The SMILES string of the molecule is COCCOCCOCc1cc(F)ccc1C#N. The van der Waals surface area contributed by atoms with E-state index in [0.717, 1.165) is 0 Å². The highest BCUT2D eigenvalue weighted by atomic mass is 19.1. The smallest absolute Gasteiger partial charge is 0.123 e. The van der Waals surface area contributed by atoms with Crippen molar-refractivity contribution in [3.05, 3.63) is 35.1 Å². The zero-order valence-electron chi connectivity index (χ0n) is 10.3. The van der Waals surface area contributed by atoms with Gasteiger partial charge in [0.1, 0.15) is 5.82 Å². The zero-order valence-corrected chi connectivity index (χ0v) is 10.3. The number of benzene rings is 1. The lowest BCUT2D eigenvalue weighted by molar-refractivity contribution is 0.0199. The van der Waals surface area contributed by atoms with E-state index in [9.17, 15) is 4.39 Å². The second-order valence-corrected chi connectivity index (χ2v) is 3.57. The van der Waals surface area contributed by atoms with Gasteiger partial charge in [0.15, 0.2) is 0 Å². The van der Waals surface area contributed by atoms with Crippen LogP contribution in [0.3, 0.4) is 0 Å². The van der Waals surface area contributed by atoms with Crippen molar-refractivity contribution in [3.8, 4) is 6.07 Å². The van der Waals surface area contributed by atoms with Crippen LogP contribution in [0.15, 0.2) is 18.2 Å². The molecule has 0 fully saturated rings. The number of nitriles is 1. The summed E-state index contributed by atoms with van der Waals surface area (Å²) in [7, 11) is 1.60. The van der Waals surface area contributed by atoms with E-state index in [1.54, 1.807) is 7.11 Å². The number of nitrogens with zero attached hydrogens (tertiary/aromatic N) is 1. The third-order valence-electron chi connectivity index (χ3n) is 2.25. The van der Waals surface area contributed by atoms with Crippen molar-refractivity contribution in [2.45, 2.75) is 6.61 Å². The van der Waals surface area contributed by atoms with Crippen molar-refractivity contribution in [3.63, 3.8) is 0 Å². The zero-order chi connectivity index (χ0) is 13.2. The Morgan fingerprint density at radius 2 is 1.89 bits per heavy atom. The lowest BCUT2D eigenvalue weighted by Gasteiger charge is -2.07. The van der Waals surface area contributed by atoms with Crippen LogP contribution in [0.1, 0.15) is 11.1 Å². The molecule has 0 aromatic heterocycles. The Kier molecular flexibility index (Phi) is 6.96. The highest BCUT2D eigenvalue weighted by Gasteiger charge is 2.03. The van der Waals surface area contributed by atoms with Gasteiger partial charge in [-0.1, -0.05) is 0 Å². The number of halogens is 1. The minimum absolute atomic E-state index is 0.203. The molecule has 0 N–H and O–H groups in total. The van der Waals surface area contributed by atoms with Gasteiger partial charge in [-0.2, -0.15) is 5.26 Å². The average Bonchev–Trinajstić information content (AvgIpc) is 2.38. The van der Waals surface area contributed by atoms with E-state index in [1.165, 1.54) is 18.2 Å². The van der Waals surface area contributed by atoms with Crippen LogP contribution in [-0.2, 0) is 20.8 Å². The standard InChI is InChI=1S/C13H16FNO3/c1-16-4-5-17-6-7-18-10-12-8-13(14)3-2-11(12)9-15/h2-3,8H,4-7,10H2,1H3. The fourth-order valence-electron chi connectivity index (χ4n) is 1.34. The molecule has 0 saturated heterocycles. The Morgan fingerprint density at radius 1 is 1.17 bits per heavy atom. The van der Waals surface area contributed by atoms with Crippen LogP contribution in [0.5, 0.6) is 0 Å². The van der Waals surface area contributed by atoms with Crippen molar-refractivity contribution in [2.75, 3.05) is 33.5 Å². The first-order chi connectivity index (χ1) is 8.77. The molecule has 0 aliphatic heterocycles. The number of hydrogen-bond donors (Lipinski definition) is 0. The first-order valence-electron chi connectivity index (χ1n) is 5.61. The van der Waals surface area contributed by atoms with E-state index in [-0.39, 0.29) is 12.4 Å². The number of ether oxygens (including phenoxy) is 3. The van der Waals surface area contributed by atoms with Crippen molar-refractivity contribution >= 4 is 0 Å². The van der Waals surface area contributed by atoms with Gasteiger partial charge >= 0.3 is 0 Å². The molecule has 0 amide bonds. The minimum atomic E-state index is -0.371. The normalized spacial score (nSPS) is 10.3. The molecule has 0 aliphatic carbocycles. The molecule has 0 unspecified atom stereocenters. The topological polar surface area (TPSA) is 51.5 Å². The van der Waals surface area contributed by atoms with Crippen molar-refractivity contribution in [1.29, 1.82) is 5.26 Å². The predicted molar refractivity (Wildman–Crippen MR) is 63.5 cm³/mol. The Morgan fingerprint density at radius 3 is 2.61 bits per heavy atom. The summed E-state index contributed by atoms with van der Waals surface area (Å²) in [5, 5.41) is 8.84. The van der Waals surface area contributed by atoms with Gasteiger partial charge in [-0.15, -0.1) is 0 Å². The summed E-state index contributed by atoms with van der Waals surface area (Å²) in [5.74, 6) is -0.371. The summed E-state index contributed by atoms with van der Waals surface area (Å²) in [5.41, 5.74) is 0.978. The maximum Gasteiger partial charge on any atom is 0.123 e. The minimum Gasteiger partial charge on any atom is -0.382 e. The Bertz CT molecular complexity index is 404. The van der Waals surface area contributed by atoms with Gasteiger partial charge in [0.05, 0.1) is 44.7 Å². The summed E-state index contributed by atoms with van der Waals surface area (Å²) < 4.78 is 28.3. The summed E-state index contributed by atoms with van der Waals surface area (Å²) in [6.45, 7) is 2.10. The molecular weight excluding hydrogens is 237 g/mol. The Labute approximate surface area is 106 Å². The van der Waals surface area contributed by atoms with Crippen molar-refractivity contribution in [1.82, 2.24) is 0 Å². The molecule has 0 bridgehead atoms. The van der Waals surface area contributed by atoms with Crippen LogP contribution in [0, 0.1) is 17.1 Å². The van der Waals surface area contributed by atoms with E-state index < -0.39 is 0 Å². The molecule has 0 saturated carbocycles. The third-order valence-corrected chi connectivity index (χ3v) is 2.25. The van der Waals surface area contributed by atoms with Gasteiger partial charge < -0.3 is 14.2 Å². The second-order valence-electron chi connectivity index (χ2n) is 3.57. The van der Waals surface area contributed by atoms with Crippen LogP contribution in [0.2, 0.25) is 0 Å². The molecule has 4 nitrogen and oxygen atoms in total. The van der Waals surface area contributed by atoms with E-state index in [2.05, 4.69) is 0 Å². The lowest BCUT2D eigenvalue weighted by Crippen LogP contribution is -2.08. The molecule has 18 heavy (non-hydrogen) atoms. The number of rotatable bonds is 8. The molecule has 0 radical (unpaired) electrons. The van der Waals surface area contributed by atoms with Crippen LogP contribution in [-0.4, -0.2) is 33.5 Å². The molecule has 5 heteroatoms. The molecule has 0 spiro atoms. The lowest BCUT2D eigenvalue weighted by atomic mass is 10.1. The maximum absolute atomic E-state index is 13.0. The van der Waals surface area contributed by atoms with Crippen molar-refractivity contribution < 1.29 is 18.6 Å². The van der Waals surface area contributed by atoms with Crippen LogP contribution < -0.4 is 0 Å². The van der Waals surface area contributed by atoms with Crippen LogP contribution in [0.25, 0.3) is 0 Å². The van der Waals surface area contributed by atoms with Gasteiger partial charge in [-0.3, -0.25) is 0 Å². The molecule has 1 aromatic carbocycles. The van der Waals surface area contributed by atoms with Gasteiger partial charge in [0.2, 0.25) is 0 Å². The largest absolute Gasteiger partial charge is 0.382 e. The van der Waals surface area contributed by atoms with Crippen LogP contribution >= 0.6 is 0 Å². The molecule has 98 valence electrons. The Balaban J connectivity index is 2.27.